The van der Waals surface area contributed by atoms with Gasteiger partial charge in [0.05, 0.1) is 0 Å². The first-order valence-electron chi connectivity index (χ1n) is 3.07. The first kappa shape index (κ1) is 12.6. The second kappa shape index (κ2) is 11.7. The second-order valence-corrected chi connectivity index (χ2v) is 1.65. The van der Waals surface area contributed by atoms with E-state index in [1.54, 1.807) is 0 Å². The van der Waals surface area contributed by atoms with Crippen molar-refractivity contribution < 1.29 is 0 Å². The van der Waals surface area contributed by atoms with Crippen molar-refractivity contribution in [2.45, 2.75) is 13.8 Å². The van der Waals surface area contributed by atoms with Gasteiger partial charge in [0.1, 0.15) is 0 Å². The Balaban J connectivity index is 0. The van der Waals surface area contributed by atoms with Gasteiger partial charge in [-0.2, -0.15) is 50.2 Å². The van der Waals surface area contributed by atoms with Crippen LogP contribution in [-0.4, -0.2) is 23.1 Å². The molecule has 0 aromatic heterocycles. The maximum absolute atomic E-state index is 2.89. The van der Waals surface area contributed by atoms with Crippen LogP contribution in [0.4, 0.5) is 0 Å². The van der Waals surface area contributed by atoms with E-state index in [1.807, 2.05) is 50.6 Å². The normalized spacial score (nSPS) is 6.60. The first-order valence-corrected chi connectivity index (χ1v) is 3.07. The molecule has 1 aromatic rings. The molecule has 50 valence electrons. The molecule has 0 bridgehead atoms. The van der Waals surface area contributed by atoms with E-state index in [9.17, 15) is 0 Å². The minimum atomic E-state index is 0. The molecule has 0 nitrogen and oxygen atoms in total. The largest absolute Gasteiger partial charge is 2.00 e. The van der Waals surface area contributed by atoms with Crippen LogP contribution in [0.2, 0.25) is 0 Å². The fourth-order valence-electron chi connectivity index (χ4n) is 0.342. The summed E-state index contributed by atoms with van der Waals surface area (Å²) in [6, 6.07) is 12.5. The smallest absolute Gasteiger partial charge is 0.335 e. The van der Waals surface area contributed by atoms with Crippen LogP contribution in [0.1, 0.15) is 13.8 Å². The standard InChI is InChI=1S/C6H5.C3H7.Mg/c1-2-4-6-5-3-1;1-3-2;/h1-5H;3H,1-2H3;/q2*-1;+2. The number of benzene rings is 1. The van der Waals surface area contributed by atoms with E-state index in [4.69, 9.17) is 0 Å². The van der Waals surface area contributed by atoms with Crippen LogP contribution in [-0.2, 0) is 0 Å². The molecule has 0 aliphatic carbocycles. The third-order valence-electron chi connectivity index (χ3n) is 0.607. The number of rotatable bonds is 0. The van der Waals surface area contributed by atoms with Gasteiger partial charge in [0, 0.05) is 0 Å². The van der Waals surface area contributed by atoms with Gasteiger partial charge in [-0.15, -0.1) is 0 Å². The van der Waals surface area contributed by atoms with Crippen molar-refractivity contribution >= 4 is 23.1 Å². The molecule has 0 aliphatic rings. The average molecular weight is 144 g/mol. The summed E-state index contributed by atoms with van der Waals surface area (Å²) in [5.74, 6) is 0. The summed E-state index contributed by atoms with van der Waals surface area (Å²) < 4.78 is 0. The maximum Gasteiger partial charge on any atom is 2.00 e. The van der Waals surface area contributed by atoms with Gasteiger partial charge in [0.2, 0.25) is 0 Å². The van der Waals surface area contributed by atoms with Crippen LogP contribution in [0, 0.1) is 12.5 Å². The van der Waals surface area contributed by atoms with Gasteiger partial charge in [-0.1, -0.05) is 0 Å². The minimum absolute atomic E-state index is 0. The zero-order valence-electron chi connectivity index (χ0n) is 6.67. The van der Waals surface area contributed by atoms with Crippen molar-refractivity contribution in [2.75, 3.05) is 0 Å². The summed E-state index contributed by atoms with van der Waals surface area (Å²) in [6.07, 6.45) is 2.00. The van der Waals surface area contributed by atoms with E-state index in [0.29, 0.717) is 0 Å². The van der Waals surface area contributed by atoms with Crippen molar-refractivity contribution in [1.82, 2.24) is 0 Å². The molecule has 0 heterocycles. The Morgan fingerprint density at radius 1 is 1.00 bits per heavy atom. The van der Waals surface area contributed by atoms with Crippen LogP contribution < -0.4 is 0 Å². The monoisotopic (exact) mass is 144 g/mol. The van der Waals surface area contributed by atoms with Gasteiger partial charge in [-0.05, 0) is 0 Å². The van der Waals surface area contributed by atoms with E-state index >= 15 is 0 Å². The van der Waals surface area contributed by atoms with Crippen molar-refractivity contribution in [3.8, 4) is 0 Å². The molecule has 0 atom stereocenters. The van der Waals surface area contributed by atoms with Crippen LogP contribution in [0.5, 0.6) is 0 Å². The molecular weight excluding hydrogens is 132 g/mol. The summed E-state index contributed by atoms with van der Waals surface area (Å²) in [5, 5.41) is 0. The molecular formula is C9H12Mg. The van der Waals surface area contributed by atoms with Crippen LogP contribution in [0.25, 0.3) is 0 Å². The fourth-order valence-corrected chi connectivity index (χ4v) is 0.342. The molecule has 0 spiro atoms. The zero-order chi connectivity index (χ0) is 6.95. The Morgan fingerprint density at radius 3 is 1.50 bits per heavy atom. The molecule has 10 heavy (non-hydrogen) atoms. The van der Waals surface area contributed by atoms with Gasteiger partial charge in [-0.25, -0.2) is 0 Å². The second-order valence-electron chi connectivity index (χ2n) is 1.65. The van der Waals surface area contributed by atoms with Gasteiger partial charge in [0.15, 0.2) is 0 Å². The van der Waals surface area contributed by atoms with Crippen molar-refractivity contribution in [1.29, 1.82) is 0 Å². The molecule has 0 N–H and O–H groups in total. The van der Waals surface area contributed by atoms with Gasteiger partial charge >= 0.3 is 23.1 Å². The minimum Gasteiger partial charge on any atom is -0.335 e. The quantitative estimate of drug-likeness (QED) is 0.387. The molecule has 0 saturated carbocycles. The van der Waals surface area contributed by atoms with Crippen LogP contribution in [0.3, 0.4) is 0 Å². The molecule has 0 amide bonds. The van der Waals surface area contributed by atoms with Gasteiger partial charge in [0.25, 0.3) is 0 Å². The van der Waals surface area contributed by atoms with Crippen molar-refractivity contribution in [2.24, 2.45) is 0 Å². The summed E-state index contributed by atoms with van der Waals surface area (Å²) in [6.45, 7) is 4.00. The summed E-state index contributed by atoms with van der Waals surface area (Å²) >= 11 is 0. The third kappa shape index (κ3) is 10.9. The molecule has 0 unspecified atom stereocenters. The van der Waals surface area contributed by atoms with Crippen LogP contribution >= 0.6 is 0 Å². The fraction of sp³-hybridized carbons (Fsp3) is 0.222. The van der Waals surface area contributed by atoms with E-state index in [1.165, 1.54) is 0 Å². The van der Waals surface area contributed by atoms with Crippen LogP contribution in [0.15, 0.2) is 30.3 Å². The predicted molar refractivity (Wildman–Crippen MR) is 46.7 cm³/mol. The Labute approximate surface area is 79.8 Å². The Morgan fingerprint density at radius 2 is 1.40 bits per heavy atom. The Kier molecular flexibility index (Phi) is 14.8. The number of hydrogen-bond donors (Lipinski definition) is 0. The summed E-state index contributed by atoms with van der Waals surface area (Å²) in [7, 11) is 0. The number of hydrogen-bond acceptors (Lipinski definition) is 0. The maximum atomic E-state index is 2.89. The Bertz CT molecular complexity index is 87.6. The summed E-state index contributed by atoms with van der Waals surface area (Å²) in [4.78, 5) is 0. The van der Waals surface area contributed by atoms with Gasteiger partial charge < -0.3 is 6.42 Å². The Hall–Kier alpha value is -0.0138. The van der Waals surface area contributed by atoms with E-state index < -0.39 is 0 Å². The molecule has 0 radical (unpaired) electrons. The SMILES string of the molecule is C[CH-]C.[Mg+2].[c-]1ccccc1. The molecule has 0 aliphatic heterocycles. The third-order valence-corrected chi connectivity index (χ3v) is 0.607. The molecule has 1 aromatic carbocycles. The van der Waals surface area contributed by atoms with Gasteiger partial charge in [-0.3, -0.25) is 0 Å². The average Bonchev–Trinajstić information content (AvgIpc) is 1.93. The molecule has 0 fully saturated rings. The van der Waals surface area contributed by atoms with E-state index in [0.717, 1.165) is 0 Å². The van der Waals surface area contributed by atoms with Crippen molar-refractivity contribution in [3.05, 3.63) is 42.8 Å². The molecule has 0 saturated heterocycles. The predicted octanol–water partition coefficient (Wildman–Crippen LogP) is 2.34. The first-order chi connectivity index (χ1) is 4.41. The van der Waals surface area contributed by atoms with E-state index in [-0.39, 0.29) is 23.1 Å². The molecule has 1 rings (SSSR count). The van der Waals surface area contributed by atoms with Crippen molar-refractivity contribution in [3.63, 3.8) is 0 Å². The zero-order valence-corrected chi connectivity index (χ0v) is 8.09. The molecule has 1 heteroatoms. The topological polar surface area (TPSA) is 0 Å². The van der Waals surface area contributed by atoms with E-state index in [2.05, 4.69) is 6.07 Å². The summed E-state index contributed by atoms with van der Waals surface area (Å²) in [5.41, 5.74) is 0.